The van der Waals surface area contributed by atoms with Crippen LogP contribution in [0.4, 0.5) is 4.39 Å². The summed E-state index contributed by atoms with van der Waals surface area (Å²) in [7, 11) is 0. The third-order valence-electron chi connectivity index (χ3n) is 2.15. The van der Waals surface area contributed by atoms with Gasteiger partial charge in [-0.1, -0.05) is 6.92 Å². The quantitative estimate of drug-likeness (QED) is 0.714. The minimum Gasteiger partial charge on any atom is -0.342 e. The third-order valence-corrected chi connectivity index (χ3v) is 2.15. The summed E-state index contributed by atoms with van der Waals surface area (Å²) in [6.07, 6.45) is 0.702. The van der Waals surface area contributed by atoms with Crippen molar-refractivity contribution in [3.8, 4) is 0 Å². The summed E-state index contributed by atoms with van der Waals surface area (Å²) in [6, 6.07) is 3.31. The van der Waals surface area contributed by atoms with Gasteiger partial charge in [-0.15, -0.1) is 0 Å². The summed E-state index contributed by atoms with van der Waals surface area (Å²) >= 11 is 0. The van der Waals surface area contributed by atoms with E-state index in [-0.39, 0.29) is 5.82 Å². The molecular weight excluding hydrogens is 167 g/mol. The molecule has 0 saturated carbocycles. The van der Waals surface area contributed by atoms with Gasteiger partial charge in [0.25, 0.3) is 0 Å². The Morgan fingerprint density at radius 1 is 1.46 bits per heavy atom. The summed E-state index contributed by atoms with van der Waals surface area (Å²) < 4.78 is 13.3. The van der Waals surface area contributed by atoms with Crippen LogP contribution in [0, 0.1) is 12.7 Å². The fraction of sp³-hybridized carbons (Fsp3) is 0.300. The molecule has 1 aromatic heterocycles. The number of fused-ring (bicyclic) bond motifs is 1. The van der Waals surface area contributed by atoms with Crippen molar-refractivity contribution >= 4 is 11.0 Å². The first-order chi connectivity index (χ1) is 6.20. The van der Waals surface area contributed by atoms with Gasteiger partial charge in [0.1, 0.15) is 11.6 Å². The molecule has 1 N–H and O–H groups in total. The Hall–Kier alpha value is -1.38. The summed E-state index contributed by atoms with van der Waals surface area (Å²) in [5.74, 6) is 0.668. The number of aromatic amines is 1. The van der Waals surface area contributed by atoms with Crippen LogP contribution in [0.25, 0.3) is 11.0 Å². The second kappa shape index (κ2) is 2.83. The Kier molecular flexibility index (Phi) is 1.79. The number of H-pyrrole nitrogens is 1. The molecule has 2 aromatic rings. The zero-order valence-corrected chi connectivity index (χ0v) is 7.69. The lowest BCUT2D eigenvalue weighted by Crippen LogP contribution is -1.87. The van der Waals surface area contributed by atoms with Gasteiger partial charge in [0.2, 0.25) is 0 Å². The van der Waals surface area contributed by atoms with Crippen LogP contribution in [0.5, 0.6) is 0 Å². The first kappa shape index (κ1) is 8.23. The molecule has 3 heteroatoms. The van der Waals surface area contributed by atoms with Crippen molar-refractivity contribution in [1.82, 2.24) is 9.97 Å². The van der Waals surface area contributed by atoms with E-state index in [4.69, 9.17) is 0 Å². The van der Waals surface area contributed by atoms with Crippen molar-refractivity contribution in [1.29, 1.82) is 0 Å². The summed E-state index contributed by atoms with van der Waals surface area (Å²) in [5.41, 5.74) is 2.34. The predicted octanol–water partition coefficient (Wildman–Crippen LogP) is 2.57. The highest BCUT2D eigenvalue weighted by Crippen LogP contribution is 2.17. The van der Waals surface area contributed by atoms with Crippen molar-refractivity contribution < 1.29 is 4.39 Å². The third kappa shape index (κ3) is 1.30. The van der Waals surface area contributed by atoms with Gasteiger partial charge in [-0.2, -0.15) is 0 Å². The van der Waals surface area contributed by atoms with E-state index in [2.05, 4.69) is 9.97 Å². The van der Waals surface area contributed by atoms with E-state index in [1.807, 2.05) is 13.8 Å². The van der Waals surface area contributed by atoms with Crippen LogP contribution in [0.15, 0.2) is 12.1 Å². The molecule has 68 valence electrons. The number of imidazole rings is 1. The molecule has 2 nitrogen and oxygen atoms in total. The molecule has 2 rings (SSSR count). The van der Waals surface area contributed by atoms with Crippen molar-refractivity contribution in [3.63, 3.8) is 0 Å². The molecule has 0 aliphatic carbocycles. The van der Waals surface area contributed by atoms with Crippen LogP contribution in [0.2, 0.25) is 0 Å². The van der Waals surface area contributed by atoms with Gasteiger partial charge in [0, 0.05) is 0 Å². The van der Waals surface area contributed by atoms with Gasteiger partial charge in [0.15, 0.2) is 0 Å². The molecule has 1 aromatic carbocycles. The van der Waals surface area contributed by atoms with E-state index in [9.17, 15) is 4.39 Å². The molecular formula is C10H11FN2. The first-order valence-electron chi connectivity index (χ1n) is 4.35. The van der Waals surface area contributed by atoms with Gasteiger partial charge in [-0.05, 0) is 31.0 Å². The lowest BCUT2D eigenvalue weighted by Gasteiger charge is -1.97. The van der Waals surface area contributed by atoms with Crippen molar-refractivity contribution in [3.05, 3.63) is 29.3 Å². The van der Waals surface area contributed by atoms with Crippen molar-refractivity contribution in [2.45, 2.75) is 20.3 Å². The van der Waals surface area contributed by atoms with Gasteiger partial charge in [-0.3, -0.25) is 0 Å². The average Bonchev–Trinajstić information content (AvgIpc) is 2.42. The standard InChI is InChI=1S/C10H11FN2/c1-3-7-4-9-10(5-8(7)11)13-6(2)12-9/h4-5H,3H2,1-2H3,(H,12,13). The van der Waals surface area contributed by atoms with E-state index < -0.39 is 0 Å². The largest absolute Gasteiger partial charge is 0.342 e. The van der Waals surface area contributed by atoms with E-state index in [1.165, 1.54) is 6.07 Å². The minimum absolute atomic E-state index is 0.154. The zero-order valence-electron chi connectivity index (χ0n) is 7.69. The number of rotatable bonds is 1. The average molecular weight is 178 g/mol. The fourth-order valence-electron chi connectivity index (χ4n) is 1.47. The molecule has 0 radical (unpaired) electrons. The van der Waals surface area contributed by atoms with Crippen LogP contribution in [0.1, 0.15) is 18.3 Å². The second-order valence-electron chi connectivity index (χ2n) is 3.14. The van der Waals surface area contributed by atoms with E-state index in [0.29, 0.717) is 6.42 Å². The fourth-order valence-corrected chi connectivity index (χ4v) is 1.47. The Balaban J connectivity index is 2.72. The molecule has 0 amide bonds. The van der Waals surface area contributed by atoms with Crippen LogP contribution >= 0.6 is 0 Å². The zero-order chi connectivity index (χ0) is 9.42. The number of aromatic nitrogens is 2. The lowest BCUT2D eigenvalue weighted by atomic mass is 10.1. The molecule has 0 aliphatic rings. The number of hydrogen-bond donors (Lipinski definition) is 1. The normalized spacial score (nSPS) is 11.0. The Morgan fingerprint density at radius 2 is 2.23 bits per heavy atom. The Labute approximate surface area is 75.8 Å². The maximum absolute atomic E-state index is 13.3. The molecule has 0 unspecified atom stereocenters. The molecule has 0 fully saturated rings. The van der Waals surface area contributed by atoms with Gasteiger partial charge in [0.05, 0.1) is 11.0 Å². The smallest absolute Gasteiger partial charge is 0.128 e. The lowest BCUT2D eigenvalue weighted by molar-refractivity contribution is 0.614. The number of nitrogens with zero attached hydrogens (tertiary/aromatic N) is 1. The minimum atomic E-state index is -0.154. The van der Waals surface area contributed by atoms with Crippen LogP contribution < -0.4 is 0 Å². The monoisotopic (exact) mass is 178 g/mol. The molecule has 1 heterocycles. The number of nitrogens with one attached hydrogen (secondary N) is 1. The van der Waals surface area contributed by atoms with Crippen LogP contribution in [-0.4, -0.2) is 9.97 Å². The first-order valence-corrected chi connectivity index (χ1v) is 4.35. The van der Waals surface area contributed by atoms with Crippen molar-refractivity contribution in [2.24, 2.45) is 0 Å². The maximum Gasteiger partial charge on any atom is 0.128 e. The van der Waals surface area contributed by atoms with E-state index in [0.717, 1.165) is 22.4 Å². The highest BCUT2D eigenvalue weighted by Gasteiger charge is 2.05. The summed E-state index contributed by atoms with van der Waals surface area (Å²) in [5, 5.41) is 0. The number of benzene rings is 1. The molecule has 0 spiro atoms. The molecule has 13 heavy (non-hydrogen) atoms. The Bertz CT molecular complexity index is 445. The highest BCUT2D eigenvalue weighted by molar-refractivity contribution is 5.76. The van der Waals surface area contributed by atoms with E-state index in [1.54, 1.807) is 6.07 Å². The highest BCUT2D eigenvalue weighted by atomic mass is 19.1. The summed E-state index contributed by atoms with van der Waals surface area (Å²) in [4.78, 5) is 7.24. The maximum atomic E-state index is 13.3. The number of hydrogen-bond acceptors (Lipinski definition) is 1. The predicted molar refractivity (Wildman–Crippen MR) is 50.2 cm³/mol. The van der Waals surface area contributed by atoms with Crippen LogP contribution in [0.3, 0.4) is 0 Å². The molecule has 0 saturated heterocycles. The van der Waals surface area contributed by atoms with E-state index >= 15 is 0 Å². The SMILES string of the molecule is CCc1cc2nc(C)[nH]c2cc1F. The number of halogens is 1. The van der Waals surface area contributed by atoms with Crippen molar-refractivity contribution in [2.75, 3.05) is 0 Å². The summed E-state index contributed by atoms with van der Waals surface area (Å²) in [6.45, 7) is 3.80. The molecule has 0 aliphatic heterocycles. The second-order valence-corrected chi connectivity index (χ2v) is 3.14. The van der Waals surface area contributed by atoms with Gasteiger partial charge < -0.3 is 4.98 Å². The molecule has 0 bridgehead atoms. The van der Waals surface area contributed by atoms with Gasteiger partial charge in [-0.25, -0.2) is 9.37 Å². The number of aryl methyl sites for hydroxylation is 2. The van der Waals surface area contributed by atoms with Gasteiger partial charge >= 0.3 is 0 Å². The molecule has 0 atom stereocenters. The topological polar surface area (TPSA) is 28.7 Å². The van der Waals surface area contributed by atoms with Crippen LogP contribution in [-0.2, 0) is 6.42 Å². The Morgan fingerprint density at radius 3 is 2.92 bits per heavy atom.